The summed E-state index contributed by atoms with van der Waals surface area (Å²) in [7, 11) is 0. The third-order valence-electron chi connectivity index (χ3n) is 3.51. The lowest BCUT2D eigenvalue weighted by molar-refractivity contribution is -0.277. The van der Waals surface area contributed by atoms with E-state index in [1.54, 1.807) is 20.8 Å². The largest absolute Gasteiger partial charge is 0.466 e. The molecule has 5 heteroatoms. The van der Waals surface area contributed by atoms with E-state index in [0.29, 0.717) is 6.42 Å². The molecule has 0 bridgehead atoms. The molecule has 1 saturated heterocycles. The molecule has 0 aromatic heterocycles. The molecule has 0 radical (unpaired) electrons. The third-order valence-corrected chi connectivity index (χ3v) is 3.51. The number of nitrogens with zero attached hydrogens (tertiary/aromatic N) is 1. The minimum Gasteiger partial charge on any atom is -0.466 e. The van der Waals surface area contributed by atoms with Crippen molar-refractivity contribution in [2.75, 3.05) is 6.61 Å². The Bertz CT molecular complexity index is 301. The van der Waals surface area contributed by atoms with Crippen LogP contribution in [0.4, 0.5) is 0 Å². The number of carbonyl (C=O) groups is 1. The summed E-state index contributed by atoms with van der Waals surface area (Å²) in [5.74, 6) is -1.19. The fourth-order valence-electron chi connectivity index (χ4n) is 2.78. The van der Waals surface area contributed by atoms with Crippen LogP contribution in [-0.4, -0.2) is 45.1 Å². The Balaban J connectivity index is 3.02. The Kier molecular flexibility index (Phi) is 3.86. The number of carbonyl (C=O) groups excluding carboxylic acids is 1. The molecule has 2 atom stereocenters. The van der Waals surface area contributed by atoms with Gasteiger partial charge < -0.3 is 15.1 Å². The molecule has 0 aromatic carbocycles. The van der Waals surface area contributed by atoms with Crippen molar-refractivity contribution in [2.45, 2.75) is 58.2 Å². The molecule has 0 aromatic rings. The van der Waals surface area contributed by atoms with Crippen molar-refractivity contribution < 1.29 is 19.8 Å². The van der Waals surface area contributed by atoms with Gasteiger partial charge in [-0.2, -0.15) is 5.06 Å². The van der Waals surface area contributed by atoms with E-state index in [-0.39, 0.29) is 6.61 Å². The summed E-state index contributed by atoms with van der Waals surface area (Å²) < 4.78 is 4.97. The zero-order chi connectivity index (χ0) is 13.4. The van der Waals surface area contributed by atoms with E-state index in [2.05, 4.69) is 0 Å². The van der Waals surface area contributed by atoms with Gasteiger partial charge in [-0.1, -0.05) is 0 Å². The number of hydrogen-bond donors (Lipinski definition) is 2. The monoisotopic (exact) mass is 245 g/mol. The Hall–Kier alpha value is -0.650. The first kappa shape index (κ1) is 14.4. The van der Waals surface area contributed by atoms with E-state index in [1.165, 1.54) is 0 Å². The number of rotatable bonds is 2. The predicted molar refractivity (Wildman–Crippen MR) is 62.5 cm³/mol. The quantitative estimate of drug-likeness (QED) is 0.715. The summed E-state index contributed by atoms with van der Waals surface area (Å²) in [6.45, 7) is 9.13. The second-order valence-corrected chi connectivity index (χ2v) is 5.78. The fourth-order valence-corrected chi connectivity index (χ4v) is 2.78. The van der Waals surface area contributed by atoms with Crippen molar-refractivity contribution >= 4 is 5.97 Å². The van der Waals surface area contributed by atoms with Crippen molar-refractivity contribution in [2.24, 2.45) is 5.92 Å². The molecule has 0 spiro atoms. The lowest BCUT2D eigenvalue weighted by Crippen LogP contribution is -2.67. The van der Waals surface area contributed by atoms with Crippen molar-refractivity contribution in [3.05, 3.63) is 0 Å². The number of aliphatic hydroxyl groups excluding tert-OH is 1. The molecule has 1 aliphatic heterocycles. The van der Waals surface area contributed by atoms with Crippen LogP contribution in [0, 0.1) is 5.92 Å². The molecule has 0 aliphatic carbocycles. The van der Waals surface area contributed by atoms with Gasteiger partial charge in [-0.3, -0.25) is 4.79 Å². The molecule has 1 fully saturated rings. The van der Waals surface area contributed by atoms with Gasteiger partial charge in [-0.25, -0.2) is 0 Å². The molecule has 100 valence electrons. The van der Waals surface area contributed by atoms with Crippen LogP contribution >= 0.6 is 0 Å². The molecule has 0 amide bonds. The molecule has 1 heterocycles. The number of esters is 1. The second kappa shape index (κ2) is 4.55. The van der Waals surface area contributed by atoms with Gasteiger partial charge in [0.2, 0.25) is 0 Å². The summed E-state index contributed by atoms with van der Waals surface area (Å²) in [5, 5.41) is 21.5. The van der Waals surface area contributed by atoms with E-state index in [4.69, 9.17) is 4.74 Å². The zero-order valence-electron chi connectivity index (χ0n) is 11.2. The highest BCUT2D eigenvalue weighted by atomic mass is 16.5. The molecule has 2 unspecified atom stereocenters. The maximum atomic E-state index is 11.9. The first-order valence-corrected chi connectivity index (χ1v) is 5.98. The summed E-state index contributed by atoms with van der Waals surface area (Å²) in [6, 6.07) is 0. The molecule has 17 heavy (non-hydrogen) atoms. The van der Waals surface area contributed by atoms with Gasteiger partial charge in [0.05, 0.1) is 18.2 Å². The van der Waals surface area contributed by atoms with Gasteiger partial charge in [0.15, 0.2) is 0 Å². The number of piperidine rings is 1. The van der Waals surface area contributed by atoms with Gasteiger partial charge in [-0.05, 0) is 41.0 Å². The van der Waals surface area contributed by atoms with Crippen LogP contribution in [0.25, 0.3) is 0 Å². The second-order valence-electron chi connectivity index (χ2n) is 5.78. The molecule has 2 N–H and O–H groups in total. The maximum Gasteiger partial charge on any atom is 0.313 e. The average molecular weight is 245 g/mol. The van der Waals surface area contributed by atoms with Crippen molar-refractivity contribution in [3.8, 4) is 0 Å². The Morgan fingerprint density at radius 2 is 1.94 bits per heavy atom. The smallest absolute Gasteiger partial charge is 0.313 e. The van der Waals surface area contributed by atoms with Crippen LogP contribution in [0.3, 0.4) is 0 Å². The fraction of sp³-hybridized carbons (Fsp3) is 0.917. The minimum absolute atomic E-state index is 0.271. The minimum atomic E-state index is -0.854. The molecule has 1 aliphatic rings. The van der Waals surface area contributed by atoms with E-state index in [9.17, 15) is 15.1 Å². The Morgan fingerprint density at radius 1 is 1.41 bits per heavy atom. The summed E-state index contributed by atoms with van der Waals surface area (Å²) in [5.41, 5.74) is -1.42. The van der Waals surface area contributed by atoms with Gasteiger partial charge in [0.25, 0.3) is 0 Å². The first-order valence-electron chi connectivity index (χ1n) is 5.98. The highest BCUT2D eigenvalue weighted by Gasteiger charge is 2.54. The van der Waals surface area contributed by atoms with Crippen LogP contribution < -0.4 is 0 Å². The highest BCUT2D eigenvalue weighted by molar-refractivity contribution is 5.75. The van der Waals surface area contributed by atoms with Gasteiger partial charge in [0.1, 0.15) is 5.92 Å². The topological polar surface area (TPSA) is 70.0 Å². The van der Waals surface area contributed by atoms with Crippen molar-refractivity contribution in [1.82, 2.24) is 5.06 Å². The summed E-state index contributed by atoms with van der Waals surface area (Å²) in [4.78, 5) is 11.9. The van der Waals surface area contributed by atoms with Crippen LogP contribution in [0.2, 0.25) is 0 Å². The standard InChI is InChI=1S/C12H23NO4/c1-6-17-10(15)9-8(14)7-11(2,3)13(16)12(9,4)5/h8-9,14,16H,6-7H2,1-5H3. The van der Waals surface area contributed by atoms with Crippen LogP contribution in [0.5, 0.6) is 0 Å². The maximum absolute atomic E-state index is 11.9. The van der Waals surface area contributed by atoms with E-state index in [0.717, 1.165) is 5.06 Å². The molecular formula is C12H23NO4. The third kappa shape index (κ3) is 2.46. The van der Waals surface area contributed by atoms with E-state index in [1.807, 2.05) is 13.8 Å². The Labute approximate surface area is 102 Å². The van der Waals surface area contributed by atoms with Crippen LogP contribution in [0.1, 0.15) is 41.0 Å². The van der Waals surface area contributed by atoms with Gasteiger partial charge >= 0.3 is 5.97 Å². The number of ether oxygens (including phenoxy) is 1. The molecule has 0 saturated carbocycles. The van der Waals surface area contributed by atoms with Crippen molar-refractivity contribution in [1.29, 1.82) is 0 Å². The Morgan fingerprint density at radius 3 is 2.41 bits per heavy atom. The lowest BCUT2D eigenvalue weighted by Gasteiger charge is -2.53. The normalized spacial score (nSPS) is 32.2. The number of hydrogen-bond acceptors (Lipinski definition) is 5. The zero-order valence-corrected chi connectivity index (χ0v) is 11.2. The SMILES string of the molecule is CCOC(=O)C1C(O)CC(C)(C)N(O)C1(C)C. The number of hydroxylamine groups is 2. The van der Waals surface area contributed by atoms with Crippen molar-refractivity contribution in [3.63, 3.8) is 0 Å². The summed E-state index contributed by atoms with van der Waals surface area (Å²) in [6.07, 6.45) is -0.474. The predicted octanol–water partition coefficient (Wildman–Crippen LogP) is 1.18. The van der Waals surface area contributed by atoms with Gasteiger partial charge in [0, 0.05) is 5.54 Å². The molecule has 1 rings (SSSR count). The number of aliphatic hydroxyl groups is 1. The van der Waals surface area contributed by atoms with E-state index < -0.39 is 29.1 Å². The summed E-state index contributed by atoms with van der Waals surface area (Å²) >= 11 is 0. The molecule has 5 nitrogen and oxygen atoms in total. The van der Waals surface area contributed by atoms with E-state index >= 15 is 0 Å². The van der Waals surface area contributed by atoms with Gasteiger partial charge in [-0.15, -0.1) is 0 Å². The van der Waals surface area contributed by atoms with Crippen LogP contribution in [-0.2, 0) is 9.53 Å². The van der Waals surface area contributed by atoms with Crippen LogP contribution in [0.15, 0.2) is 0 Å². The first-order chi connectivity index (χ1) is 7.64. The lowest BCUT2D eigenvalue weighted by atomic mass is 9.72. The highest BCUT2D eigenvalue weighted by Crippen LogP contribution is 2.41. The average Bonchev–Trinajstić information content (AvgIpc) is 2.13. The molecular weight excluding hydrogens is 222 g/mol.